The largest absolute Gasteiger partial charge is 0.342 e. The number of halogens is 3. The van der Waals surface area contributed by atoms with Crippen LogP contribution in [0.3, 0.4) is 0 Å². The van der Waals surface area contributed by atoms with Crippen molar-refractivity contribution >= 4 is 50.0 Å². The lowest BCUT2D eigenvalue weighted by atomic mass is 10.2. The maximum atomic E-state index is 5.89. The zero-order valence-electron chi connectivity index (χ0n) is 7.75. The molecule has 15 heavy (non-hydrogen) atoms. The SMILES string of the molecule is Cl/C=C(/Cl)Cn1ccc2ccc(Br)cc21. The molecule has 0 fully saturated rings. The Morgan fingerprint density at radius 1 is 1.40 bits per heavy atom. The van der Waals surface area contributed by atoms with Crippen LogP contribution in [0.25, 0.3) is 10.9 Å². The molecule has 1 aromatic heterocycles. The number of aromatic nitrogens is 1. The molecule has 2 rings (SSSR count). The van der Waals surface area contributed by atoms with Crippen molar-refractivity contribution in [3.05, 3.63) is 45.5 Å². The quantitative estimate of drug-likeness (QED) is 0.756. The van der Waals surface area contributed by atoms with Gasteiger partial charge in [0.2, 0.25) is 0 Å². The molecule has 1 aromatic carbocycles. The Morgan fingerprint density at radius 2 is 2.20 bits per heavy atom. The van der Waals surface area contributed by atoms with E-state index in [2.05, 4.69) is 38.7 Å². The molecule has 1 nitrogen and oxygen atoms in total. The second kappa shape index (κ2) is 4.60. The molecule has 78 valence electrons. The van der Waals surface area contributed by atoms with Crippen molar-refractivity contribution in [3.63, 3.8) is 0 Å². The van der Waals surface area contributed by atoms with Crippen molar-refractivity contribution in [2.45, 2.75) is 6.54 Å². The summed E-state index contributed by atoms with van der Waals surface area (Å²) in [6.07, 6.45) is 2.00. The lowest BCUT2D eigenvalue weighted by Crippen LogP contribution is -1.95. The first-order valence-corrected chi connectivity index (χ1v) is 6.00. The van der Waals surface area contributed by atoms with E-state index in [-0.39, 0.29) is 0 Å². The molecule has 0 aliphatic rings. The predicted octanol–water partition coefficient (Wildman–Crippen LogP) is 4.72. The number of rotatable bonds is 2. The molecular weight excluding hydrogens is 297 g/mol. The fraction of sp³-hybridized carbons (Fsp3) is 0.0909. The van der Waals surface area contributed by atoms with E-state index in [1.165, 1.54) is 10.9 Å². The molecule has 0 radical (unpaired) electrons. The molecular formula is C11H8BrCl2N. The van der Waals surface area contributed by atoms with E-state index < -0.39 is 0 Å². The van der Waals surface area contributed by atoms with Crippen molar-refractivity contribution in [1.29, 1.82) is 0 Å². The maximum Gasteiger partial charge on any atom is 0.0592 e. The summed E-state index contributed by atoms with van der Waals surface area (Å²) in [5.74, 6) is 0. The zero-order chi connectivity index (χ0) is 10.8. The Morgan fingerprint density at radius 3 is 2.93 bits per heavy atom. The highest BCUT2D eigenvalue weighted by atomic mass is 79.9. The Labute approximate surface area is 106 Å². The van der Waals surface area contributed by atoms with Crippen LogP contribution in [0.1, 0.15) is 0 Å². The first-order chi connectivity index (χ1) is 7.20. The predicted molar refractivity (Wildman–Crippen MR) is 69.4 cm³/mol. The summed E-state index contributed by atoms with van der Waals surface area (Å²) in [7, 11) is 0. The molecule has 0 amide bonds. The van der Waals surface area contributed by atoms with Gasteiger partial charge in [0.05, 0.1) is 6.54 Å². The van der Waals surface area contributed by atoms with Gasteiger partial charge in [0, 0.05) is 26.8 Å². The van der Waals surface area contributed by atoms with Crippen LogP contribution in [0, 0.1) is 0 Å². The summed E-state index contributed by atoms with van der Waals surface area (Å²) in [5, 5.41) is 1.81. The Bertz CT molecular complexity index is 516. The number of nitrogens with zero attached hydrogens (tertiary/aromatic N) is 1. The van der Waals surface area contributed by atoms with Crippen LogP contribution < -0.4 is 0 Å². The molecule has 0 aliphatic heterocycles. The van der Waals surface area contributed by atoms with Gasteiger partial charge in [-0.15, -0.1) is 0 Å². The highest BCUT2D eigenvalue weighted by Crippen LogP contribution is 2.22. The van der Waals surface area contributed by atoms with E-state index in [1.54, 1.807) is 0 Å². The monoisotopic (exact) mass is 303 g/mol. The van der Waals surface area contributed by atoms with E-state index in [0.29, 0.717) is 11.6 Å². The van der Waals surface area contributed by atoms with Crippen molar-refractivity contribution in [2.75, 3.05) is 0 Å². The Kier molecular flexibility index (Phi) is 3.39. The number of fused-ring (bicyclic) bond motifs is 1. The number of hydrogen-bond donors (Lipinski definition) is 0. The van der Waals surface area contributed by atoms with Gasteiger partial charge in [-0.05, 0) is 23.6 Å². The summed E-state index contributed by atoms with van der Waals surface area (Å²) >= 11 is 14.9. The van der Waals surface area contributed by atoms with Crippen LogP contribution in [0.5, 0.6) is 0 Å². The number of benzene rings is 1. The minimum absolute atomic E-state index is 0.602. The van der Waals surface area contributed by atoms with E-state index in [9.17, 15) is 0 Å². The van der Waals surface area contributed by atoms with Gasteiger partial charge in [-0.1, -0.05) is 45.2 Å². The van der Waals surface area contributed by atoms with E-state index >= 15 is 0 Å². The van der Waals surface area contributed by atoms with Crippen LogP contribution in [-0.2, 0) is 6.54 Å². The molecule has 2 aromatic rings. The zero-order valence-corrected chi connectivity index (χ0v) is 10.9. The number of hydrogen-bond acceptors (Lipinski definition) is 0. The highest BCUT2D eigenvalue weighted by molar-refractivity contribution is 9.10. The third-order valence-corrected chi connectivity index (χ3v) is 3.27. The van der Waals surface area contributed by atoms with Gasteiger partial charge in [0.25, 0.3) is 0 Å². The van der Waals surface area contributed by atoms with Crippen LogP contribution in [0.2, 0.25) is 0 Å². The molecule has 1 heterocycles. The molecule has 0 bridgehead atoms. The lowest BCUT2D eigenvalue weighted by molar-refractivity contribution is 0.852. The van der Waals surface area contributed by atoms with Gasteiger partial charge in [-0.25, -0.2) is 0 Å². The molecule has 4 heteroatoms. The summed E-state index contributed by atoms with van der Waals surface area (Å²) in [6, 6.07) is 8.20. The number of allylic oxidation sites excluding steroid dienone is 1. The van der Waals surface area contributed by atoms with Gasteiger partial charge < -0.3 is 4.57 Å². The highest BCUT2D eigenvalue weighted by Gasteiger charge is 2.02. The van der Waals surface area contributed by atoms with Crippen LogP contribution >= 0.6 is 39.1 Å². The minimum Gasteiger partial charge on any atom is -0.342 e. The van der Waals surface area contributed by atoms with E-state index in [4.69, 9.17) is 23.2 Å². The van der Waals surface area contributed by atoms with Crippen molar-refractivity contribution in [3.8, 4) is 0 Å². The fourth-order valence-electron chi connectivity index (χ4n) is 1.49. The first kappa shape index (κ1) is 11.1. The molecule has 0 N–H and O–H groups in total. The van der Waals surface area contributed by atoms with Crippen LogP contribution in [0.15, 0.2) is 45.5 Å². The molecule has 0 spiro atoms. The average Bonchev–Trinajstić information content (AvgIpc) is 2.61. The van der Waals surface area contributed by atoms with Crippen molar-refractivity contribution in [1.82, 2.24) is 4.57 Å². The standard InChI is InChI=1S/C11H8BrCl2N/c12-9-2-1-8-3-4-15(11(8)5-9)7-10(14)6-13/h1-6H,7H2/b10-6+. The van der Waals surface area contributed by atoms with Gasteiger partial charge in [-0.2, -0.15) is 0 Å². The second-order valence-electron chi connectivity index (χ2n) is 3.20. The third-order valence-electron chi connectivity index (χ3n) is 2.18. The van der Waals surface area contributed by atoms with E-state index in [1.807, 2.05) is 12.3 Å². The fourth-order valence-corrected chi connectivity index (χ4v) is 2.04. The molecule has 0 saturated carbocycles. The van der Waals surface area contributed by atoms with E-state index in [0.717, 1.165) is 9.99 Å². The molecule has 0 atom stereocenters. The summed E-state index contributed by atoms with van der Waals surface area (Å²) in [6.45, 7) is 0.602. The second-order valence-corrected chi connectivity index (χ2v) is 4.82. The van der Waals surface area contributed by atoms with Crippen LogP contribution in [-0.4, -0.2) is 4.57 Å². The summed E-state index contributed by atoms with van der Waals surface area (Å²) < 4.78 is 3.11. The van der Waals surface area contributed by atoms with Crippen molar-refractivity contribution in [2.24, 2.45) is 0 Å². The lowest BCUT2D eigenvalue weighted by Gasteiger charge is -2.03. The molecule has 0 aliphatic carbocycles. The smallest absolute Gasteiger partial charge is 0.0592 e. The molecule has 0 unspecified atom stereocenters. The van der Waals surface area contributed by atoms with Gasteiger partial charge in [0.15, 0.2) is 0 Å². The van der Waals surface area contributed by atoms with Crippen LogP contribution in [0.4, 0.5) is 0 Å². The summed E-state index contributed by atoms with van der Waals surface area (Å²) in [5.41, 5.74) is 2.53. The first-order valence-electron chi connectivity index (χ1n) is 4.40. The van der Waals surface area contributed by atoms with Gasteiger partial charge in [0.1, 0.15) is 0 Å². The normalized spacial score (nSPS) is 12.3. The maximum absolute atomic E-state index is 5.89. The average molecular weight is 305 g/mol. The summed E-state index contributed by atoms with van der Waals surface area (Å²) in [4.78, 5) is 0. The van der Waals surface area contributed by atoms with Gasteiger partial charge >= 0.3 is 0 Å². The minimum atomic E-state index is 0.602. The Hall–Kier alpha value is -0.440. The third kappa shape index (κ3) is 2.39. The van der Waals surface area contributed by atoms with Gasteiger partial charge in [-0.3, -0.25) is 0 Å². The van der Waals surface area contributed by atoms with Crippen molar-refractivity contribution < 1.29 is 0 Å². The molecule has 0 saturated heterocycles. The topological polar surface area (TPSA) is 4.93 Å². The Balaban J connectivity index is 2.48.